The topological polar surface area (TPSA) is 32.7 Å². The van der Waals surface area contributed by atoms with E-state index in [1.165, 1.54) is 16.2 Å². The van der Waals surface area contributed by atoms with Gasteiger partial charge in [0.15, 0.2) is 0 Å². The predicted molar refractivity (Wildman–Crippen MR) is 90.4 cm³/mol. The summed E-state index contributed by atoms with van der Waals surface area (Å²) in [4.78, 5) is 0. The molecule has 0 aromatic heterocycles. The van der Waals surface area contributed by atoms with Crippen LogP contribution in [0.4, 0.5) is 0 Å². The second kappa shape index (κ2) is 7.80. The van der Waals surface area contributed by atoms with E-state index in [1.807, 2.05) is 12.1 Å². The molecule has 0 radical (unpaired) electrons. The summed E-state index contributed by atoms with van der Waals surface area (Å²) in [5.74, 6) is 2.51. The molecule has 3 nitrogen and oxygen atoms in total. The van der Waals surface area contributed by atoms with Gasteiger partial charge in [0.1, 0.15) is 12.4 Å². The summed E-state index contributed by atoms with van der Waals surface area (Å²) in [5.41, 5.74) is 2.57. The van der Waals surface area contributed by atoms with Gasteiger partial charge in [-0.15, -0.1) is 0 Å². The Morgan fingerprint density at radius 1 is 1.27 bits per heavy atom. The smallest absolute Gasteiger partial charge is 0.119 e. The molecule has 0 spiro atoms. The Hall–Kier alpha value is -1.32. The van der Waals surface area contributed by atoms with Crippen LogP contribution < -0.4 is 4.74 Å². The third kappa shape index (κ3) is 4.85. The molecular weight excluding hydrogens is 274 g/mol. The summed E-state index contributed by atoms with van der Waals surface area (Å²) in [5, 5.41) is 11.3. The van der Waals surface area contributed by atoms with Crippen LogP contribution in [0.3, 0.4) is 0 Å². The van der Waals surface area contributed by atoms with Crippen LogP contribution in [0.25, 0.3) is 0 Å². The second-order valence-electron chi connectivity index (χ2n) is 7.03. The molecular formula is C19H29NO2. The lowest BCUT2D eigenvalue weighted by Gasteiger charge is -2.20. The number of ether oxygens (including phenoxy) is 1. The van der Waals surface area contributed by atoms with Crippen molar-refractivity contribution in [2.75, 3.05) is 19.7 Å². The minimum Gasteiger partial charge on any atom is -0.490 e. The highest BCUT2D eigenvalue weighted by atomic mass is 16.5. The molecule has 1 aliphatic heterocycles. The van der Waals surface area contributed by atoms with Crippen molar-refractivity contribution in [1.82, 2.24) is 5.06 Å². The maximum atomic E-state index is 9.87. The quantitative estimate of drug-likeness (QED) is 0.786. The molecule has 3 heteroatoms. The number of allylic oxidation sites excluding steroid dienone is 1. The first-order chi connectivity index (χ1) is 10.5. The van der Waals surface area contributed by atoms with Gasteiger partial charge in [0.2, 0.25) is 0 Å². The molecule has 22 heavy (non-hydrogen) atoms. The Morgan fingerprint density at radius 2 is 1.95 bits per heavy atom. The van der Waals surface area contributed by atoms with Crippen molar-refractivity contribution >= 4 is 0 Å². The molecule has 2 atom stereocenters. The van der Waals surface area contributed by atoms with Crippen molar-refractivity contribution in [3.63, 3.8) is 0 Å². The molecule has 0 bridgehead atoms. The fraction of sp³-hybridized carbons (Fsp3) is 0.579. The zero-order chi connectivity index (χ0) is 16.1. The van der Waals surface area contributed by atoms with Crippen molar-refractivity contribution < 1.29 is 9.94 Å². The Kier molecular flexibility index (Phi) is 6.04. The summed E-state index contributed by atoms with van der Waals surface area (Å²) in [6, 6.07) is 8.38. The van der Waals surface area contributed by atoms with Crippen LogP contribution in [-0.2, 0) is 0 Å². The van der Waals surface area contributed by atoms with Crippen LogP contribution >= 0.6 is 0 Å². The summed E-state index contributed by atoms with van der Waals surface area (Å²) in [6.07, 6.45) is 3.23. The zero-order valence-electron chi connectivity index (χ0n) is 14.2. The average molecular weight is 303 g/mol. The van der Waals surface area contributed by atoms with E-state index in [0.717, 1.165) is 25.3 Å². The lowest BCUT2D eigenvalue weighted by molar-refractivity contribution is -0.0725. The summed E-state index contributed by atoms with van der Waals surface area (Å²) < 4.78 is 5.71. The van der Waals surface area contributed by atoms with E-state index in [2.05, 4.69) is 45.9 Å². The lowest BCUT2D eigenvalue weighted by atomic mass is 9.84. The Morgan fingerprint density at radius 3 is 2.55 bits per heavy atom. The highest BCUT2D eigenvalue weighted by molar-refractivity contribution is 5.31. The number of nitrogens with zero attached hydrogens (tertiary/aromatic N) is 1. The van der Waals surface area contributed by atoms with E-state index in [-0.39, 0.29) is 0 Å². The minimum absolute atomic E-state index is 0.416. The van der Waals surface area contributed by atoms with Crippen LogP contribution in [0, 0.1) is 11.8 Å². The van der Waals surface area contributed by atoms with Crippen molar-refractivity contribution in [3.8, 4) is 5.75 Å². The Balaban J connectivity index is 2.00. The highest BCUT2D eigenvalue weighted by Gasteiger charge is 2.33. The van der Waals surface area contributed by atoms with Crippen LogP contribution in [0.1, 0.15) is 45.6 Å². The van der Waals surface area contributed by atoms with E-state index in [9.17, 15) is 5.21 Å². The van der Waals surface area contributed by atoms with Gasteiger partial charge in [0, 0.05) is 19.0 Å². The van der Waals surface area contributed by atoms with Gasteiger partial charge in [-0.1, -0.05) is 31.6 Å². The number of hydroxylamine groups is 2. The van der Waals surface area contributed by atoms with Crippen LogP contribution in [-0.4, -0.2) is 30.0 Å². The normalized spacial score (nSPS) is 22.1. The largest absolute Gasteiger partial charge is 0.490 e. The van der Waals surface area contributed by atoms with Gasteiger partial charge in [-0.3, -0.25) is 0 Å². The van der Waals surface area contributed by atoms with Gasteiger partial charge in [0.25, 0.3) is 0 Å². The molecule has 1 aliphatic rings. The van der Waals surface area contributed by atoms with Gasteiger partial charge in [-0.05, 0) is 55.9 Å². The van der Waals surface area contributed by atoms with Crippen LogP contribution in [0.2, 0.25) is 0 Å². The first-order valence-corrected chi connectivity index (χ1v) is 8.25. The Labute approximate surface area is 134 Å². The number of hydrogen-bond acceptors (Lipinski definition) is 3. The van der Waals surface area contributed by atoms with E-state index >= 15 is 0 Å². The molecule has 1 aromatic rings. The predicted octanol–water partition coefficient (Wildman–Crippen LogP) is 4.48. The van der Waals surface area contributed by atoms with E-state index in [1.54, 1.807) is 0 Å². The van der Waals surface area contributed by atoms with Crippen molar-refractivity contribution in [1.29, 1.82) is 0 Å². The van der Waals surface area contributed by atoms with Gasteiger partial charge >= 0.3 is 0 Å². The number of hydrogen-bond donors (Lipinski definition) is 1. The van der Waals surface area contributed by atoms with Gasteiger partial charge in [-0.2, -0.15) is 5.06 Å². The van der Waals surface area contributed by atoms with Crippen molar-refractivity contribution in [2.45, 2.75) is 40.0 Å². The SMILES string of the molecule is CC(C)=CCOc1ccc([C@H]2CN(O)C[C@@H]2CC(C)C)cc1. The maximum Gasteiger partial charge on any atom is 0.119 e. The fourth-order valence-electron chi connectivity index (χ4n) is 3.19. The summed E-state index contributed by atoms with van der Waals surface area (Å²) in [7, 11) is 0. The van der Waals surface area contributed by atoms with Gasteiger partial charge < -0.3 is 9.94 Å². The average Bonchev–Trinajstić information content (AvgIpc) is 2.79. The lowest BCUT2D eigenvalue weighted by Crippen LogP contribution is -2.15. The molecule has 1 aromatic carbocycles. The minimum atomic E-state index is 0.416. The number of rotatable bonds is 6. The molecule has 0 saturated carbocycles. The fourth-order valence-corrected chi connectivity index (χ4v) is 3.19. The third-order valence-electron chi connectivity index (χ3n) is 4.25. The molecule has 122 valence electrons. The first-order valence-electron chi connectivity index (χ1n) is 8.25. The number of benzene rings is 1. The molecule has 1 saturated heterocycles. The summed E-state index contributed by atoms with van der Waals surface area (Å²) in [6.45, 7) is 10.8. The molecule has 0 aliphatic carbocycles. The highest BCUT2D eigenvalue weighted by Crippen LogP contribution is 2.36. The van der Waals surface area contributed by atoms with Gasteiger partial charge in [-0.25, -0.2) is 0 Å². The molecule has 1 heterocycles. The molecule has 0 amide bonds. The first kappa shape index (κ1) is 17.0. The van der Waals surface area contributed by atoms with Crippen molar-refractivity contribution in [2.24, 2.45) is 11.8 Å². The monoisotopic (exact) mass is 303 g/mol. The van der Waals surface area contributed by atoms with Crippen LogP contribution in [0.5, 0.6) is 5.75 Å². The standard InChI is InChI=1S/C19H29NO2/c1-14(2)9-10-22-18-7-5-16(6-8-18)19-13-20(21)12-17(19)11-15(3)4/h5-9,15,17,19,21H,10-13H2,1-4H3/t17-,19+/m0/s1. The van der Waals surface area contributed by atoms with E-state index < -0.39 is 0 Å². The summed E-state index contributed by atoms with van der Waals surface area (Å²) >= 11 is 0. The second-order valence-corrected chi connectivity index (χ2v) is 7.03. The molecule has 1 fully saturated rings. The van der Waals surface area contributed by atoms with E-state index in [0.29, 0.717) is 24.4 Å². The van der Waals surface area contributed by atoms with E-state index in [4.69, 9.17) is 4.74 Å². The Bertz CT molecular complexity index is 489. The zero-order valence-corrected chi connectivity index (χ0v) is 14.2. The molecule has 0 unspecified atom stereocenters. The van der Waals surface area contributed by atoms with Gasteiger partial charge in [0.05, 0.1) is 0 Å². The van der Waals surface area contributed by atoms with Crippen molar-refractivity contribution in [3.05, 3.63) is 41.5 Å². The molecule has 1 N–H and O–H groups in total. The maximum absolute atomic E-state index is 9.87. The molecule has 2 rings (SSSR count). The van der Waals surface area contributed by atoms with Crippen LogP contribution in [0.15, 0.2) is 35.9 Å². The third-order valence-corrected chi connectivity index (χ3v) is 4.25.